The molecule has 0 saturated carbocycles. The Kier molecular flexibility index (Phi) is 8.30. The second-order valence-electron chi connectivity index (χ2n) is 7.83. The second kappa shape index (κ2) is 11.6. The molecular formula is C26H29N5O2. The fourth-order valence-corrected chi connectivity index (χ4v) is 3.42. The van der Waals surface area contributed by atoms with Gasteiger partial charge < -0.3 is 10.3 Å². The standard InChI is InChI=1S/C26H29N5O2/c1-4-7-23-19(3)28-16-21(23)15-24(26(33)31-29-17-22-8-5-6-13-27-22)30-25(32)14-20-11-9-18(2)10-12-20/h4-13,16-17,24,28H,14-15H2,1-3H3,(H,30,32)(H,31,33)/b7-4-,29-17+/t24-/m1/s1. The van der Waals surface area contributed by atoms with E-state index in [1.807, 2.05) is 69.5 Å². The summed E-state index contributed by atoms with van der Waals surface area (Å²) in [5.74, 6) is -0.628. The number of allylic oxidation sites excluding steroid dienone is 1. The largest absolute Gasteiger partial charge is 0.364 e. The molecule has 7 heteroatoms. The summed E-state index contributed by atoms with van der Waals surface area (Å²) in [7, 11) is 0. The summed E-state index contributed by atoms with van der Waals surface area (Å²) < 4.78 is 0. The lowest BCUT2D eigenvalue weighted by Crippen LogP contribution is -2.47. The van der Waals surface area contributed by atoms with Gasteiger partial charge >= 0.3 is 0 Å². The first-order valence-electron chi connectivity index (χ1n) is 10.8. The molecule has 2 heterocycles. The van der Waals surface area contributed by atoms with Crippen LogP contribution in [0.2, 0.25) is 0 Å². The average Bonchev–Trinajstić information content (AvgIpc) is 3.15. The summed E-state index contributed by atoms with van der Waals surface area (Å²) >= 11 is 0. The third-order valence-corrected chi connectivity index (χ3v) is 5.17. The van der Waals surface area contributed by atoms with Crippen LogP contribution in [0.1, 0.15) is 40.6 Å². The molecule has 0 unspecified atom stereocenters. The number of rotatable bonds is 9. The number of aromatic nitrogens is 2. The summed E-state index contributed by atoms with van der Waals surface area (Å²) in [6, 6.07) is 12.4. The van der Waals surface area contributed by atoms with Crippen molar-refractivity contribution in [1.82, 2.24) is 20.7 Å². The smallest absolute Gasteiger partial charge is 0.262 e. The van der Waals surface area contributed by atoms with Crippen molar-refractivity contribution in [3.63, 3.8) is 0 Å². The van der Waals surface area contributed by atoms with Crippen LogP contribution in [-0.2, 0) is 22.4 Å². The number of hydrogen-bond acceptors (Lipinski definition) is 4. The van der Waals surface area contributed by atoms with Crippen LogP contribution >= 0.6 is 0 Å². The van der Waals surface area contributed by atoms with Gasteiger partial charge in [0.1, 0.15) is 6.04 Å². The van der Waals surface area contributed by atoms with E-state index in [9.17, 15) is 9.59 Å². The van der Waals surface area contributed by atoms with E-state index >= 15 is 0 Å². The molecule has 0 fully saturated rings. The summed E-state index contributed by atoms with van der Waals surface area (Å²) in [4.78, 5) is 33.0. The molecule has 170 valence electrons. The first kappa shape index (κ1) is 23.7. The lowest BCUT2D eigenvalue weighted by Gasteiger charge is -2.17. The molecule has 3 aromatic rings. The van der Waals surface area contributed by atoms with E-state index in [1.165, 1.54) is 6.21 Å². The van der Waals surface area contributed by atoms with E-state index in [1.54, 1.807) is 18.3 Å². The maximum Gasteiger partial charge on any atom is 0.262 e. The molecule has 0 spiro atoms. The number of aryl methyl sites for hydroxylation is 2. The first-order chi connectivity index (χ1) is 16.0. The van der Waals surface area contributed by atoms with Crippen LogP contribution in [0.4, 0.5) is 0 Å². The highest BCUT2D eigenvalue weighted by Crippen LogP contribution is 2.17. The van der Waals surface area contributed by atoms with Gasteiger partial charge in [-0.05, 0) is 49.6 Å². The third-order valence-electron chi connectivity index (χ3n) is 5.17. The Labute approximate surface area is 194 Å². The quantitative estimate of drug-likeness (QED) is 0.349. The molecule has 0 radical (unpaired) electrons. The van der Waals surface area contributed by atoms with E-state index in [0.29, 0.717) is 12.1 Å². The highest BCUT2D eigenvalue weighted by molar-refractivity contribution is 5.89. The Bertz CT molecular complexity index is 1130. The average molecular weight is 444 g/mol. The fourth-order valence-electron chi connectivity index (χ4n) is 3.42. The molecule has 2 aromatic heterocycles. The summed E-state index contributed by atoms with van der Waals surface area (Å²) in [5, 5.41) is 6.89. The van der Waals surface area contributed by atoms with E-state index in [4.69, 9.17) is 0 Å². The van der Waals surface area contributed by atoms with Gasteiger partial charge in [-0.3, -0.25) is 14.6 Å². The molecule has 1 aromatic carbocycles. The zero-order valence-electron chi connectivity index (χ0n) is 19.1. The normalized spacial score (nSPS) is 12.2. The number of hydrazone groups is 1. The number of carbonyl (C=O) groups is 2. The Morgan fingerprint density at radius 1 is 1.15 bits per heavy atom. The van der Waals surface area contributed by atoms with Crippen LogP contribution in [-0.4, -0.2) is 34.0 Å². The minimum Gasteiger partial charge on any atom is -0.364 e. The number of nitrogens with zero attached hydrogens (tertiary/aromatic N) is 2. The van der Waals surface area contributed by atoms with E-state index in [0.717, 1.165) is 27.9 Å². The van der Waals surface area contributed by atoms with Crippen LogP contribution in [0.5, 0.6) is 0 Å². The number of pyridine rings is 1. The monoisotopic (exact) mass is 443 g/mol. The van der Waals surface area contributed by atoms with Gasteiger partial charge in [0.15, 0.2) is 0 Å². The number of H-pyrrole nitrogens is 1. The SMILES string of the molecule is C/C=C\c1c(C[C@@H](NC(=O)Cc2ccc(C)cc2)C(=O)N/N=C/c2ccccn2)c[nH]c1C. The molecule has 0 aliphatic heterocycles. The van der Waals surface area contributed by atoms with Crippen molar-refractivity contribution in [3.8, 4) is 0 Å². The number of amides is 2. The zero-order chi connectivity index (χ0) is 23.6. The number of hydrogen-bond donors (Lipinski definition) is 3. The zero-order valence-corrected chi connectivity index (χ0v) is 19.1. The van der Waals surface area contributed by atoms with Crippen LogP contribution in [0.25, 0.3) is 6.08 Å². The number of aromatic amines is 1. The van der Waals surface area contributed by atoms with E-state index < -0.39 is 11.9 Å². The van der Waals surface area contributed by atoms with Crippen molar-refractivity contribution in [2.75, 3.05) is 0 Å². The van der Waals surface area contributed by atoms with Crippen molar-refractivity contribution in [3.05, 3.63) is 94.6 Å². The van der Waals surface area contributed by atoms with E-state index in [2.05, 4.69) is 25.8 Å². The van der Waals surface area contributed by atoms with Crippen molar-refractivity contribution in [2.24, 2.45) is 5.10 Å². The highest BCUT2D eigenvalue weighted by atomic mass is 16.2. The van der Waals surface area contributed by atoms with Gasteiger partial charge in [0.05, 0.1) is 18.3 Å². The first-order valence-corrected chi connectivity index (χ1v) is 10.8. The number of benzene rings is 1. The Balaban J connectivity index is 1.74. The van der Waals surface area contributed by atoms with Crippen molar-refractivity contribution >= 4 is 24.1 Å². The number of carbonyl (C=O) groups excluding carboxylic acids is 2. The van der Waals surface area contributed by atoms with Gasteiger partial charge in [-0.15, -0.1) is 0 Å². The summed E-state index contributed by atoms with van der Waals surface area (Å²) in [6.45, 7) is 5.91. The predicted molar refractivity (Wildman–Crippen MR) is 131 cm³/mol. The van der Waals surface area contributed by atoms with Gasteiger partial charge in [0, 0.05) is 24.5 Å². The van der Waals surface area contributed by atoms with Gasteiger partial charge in [-0.2, -0.15) is 5.10 Å². The van der Waals surface area contributed by atoms with Crippen molar-refractivity contribution in [1.29, 1.82) is 0 Å². The molecular weight excluding hydrogens is 414 g/mol. The molecule has 0 bridgehead atoms. The molecule has 0 saturated heterocycles. The molecule has 7 nitrogen and oxygen atoms in total. The van der Waals surface area contributed by atoms with E-state index in [-0.39, 0.29) is 12.3 Å². The highest BCUT2D eigenvalue weighted by Gasteiger charge is 2.23. The van der Waals surface area contributed by atoms with Crippen molar-refractivity contribution < 1.29 is 9.59 Å². The second-order valence-corrected chi connectivity index (χ2v) is 7.83. The van der Waals surface area contributed by atoms with Crippen molar-refractivity contribution in [2.45, 2.75) is 39.7 Å². The summed E-state index contributed by atoms with van der Waals surface area (Å²) in [6.07, 6.45) is 9.44. The van der Waals surface area contributed by atoms with Crippen LogP contribution in [0.15, 0.2) is 66.0 Å². The minimum atomic E-state index is -0.789. The van der Waals surface area contributed by atoms with Gasteiger partial charge in [0.25, 0.3) is 5.91 Å². The molecule has 0 aliphatic rings. The fraction of sp³-hybridized carbons (Fsp3) is 0.231. The molecule has 33 heavy (non-hydrogen) atoms. The Morgan fingerprint density at radius 2 is 1.94 bits per heavy atom. The molecule has 1 atom stereocenters. The van der Waals surface area contributed by atoms with Gasteiger partial charge in [0.2, 0.25) is 5.91 Å². The molecule has 3 N–H and O–H groups in total. The lowest BCUT2D eigenvalue weighted by molar-refractivity contribution is -0.128. The minimum absolute atomic E-state index is 0.190. The Hall–Kier alpha value is -4.00. The molecule has 0 aliphatic carbocycles. The molecule has 3 rings (SSSR count). The van der Waals surface area contributed by atoms with Crippen LogP contribution < -0.4 is 10.7 Å². The third kappa shape index (κ3) is 7.00. The van der Waals surface area contributed by atoms with Gasteiger partial charge in [-0.1, -0.05) is 48.0 Å². The topological polar surface area (TPSA) is 99.2 Å². The van der Waals surface area contributed by atoms with Crippen LogP contribution in [0.3, 0.4) is 0 Å². The predicted octanol–water partition coefficient (Wildman–Crippen LogP) is 3.48. The maximum absolute atomic E-state index is 13.0. The van der Waals surface area contributed by atoms with Gasteiger partial charge in [-0.25, -0.2) is 5.43 Å². The Morgan fingerprint density at radius 3 is 2.64 bits per heavy atom. The summed E-state index contributed by atoms with van der Waals surface area (Å²) in [5.41, 5.74) is 8.12. The molecule has 2 amide bonds. The lowest BCUT2D eigenvalue weighted by atomic mass is 10.0. The maximum atomic E-state index is 13.0. The number of nitrogens with one attached hydrogen (secondary N) is 3. The van der Waals surface area contributed by atoms with Crippen LogP contribution in [0, 0.1) is 13.8 Å².